The lowest BCUT2D eigenvalue weighted by Gasteiger charge is -2.12. The van der Waals surface area contributed by atoms with Gasteiger partial charge in [-0.15, -0.1) is 0 Å². The van der Waals surface area contributed by atoms with Crippen LogP contribution in [-0.4, -0.2) is 0 Å². The molecule has 1 rings (SSSR count). The number of anilines is 1. The van der Waals surface area contributed by atoms with Gasteiger partial charge in [-0.2, -0.15) is 0 Å². The summed E-state index contributed by atoms with van der Waals surface area (Å²) in [6.07, 6.45) is 22.1. The lowest BCUT2D eigenvalue weighted by atomic mass is 10.0. The number of hydrogen-bond acceptors (Lipinski definition) is 2. The Morgan fingerprint density at radius 3 is 1.79 bits per heavy atom. The van der Waals surface area contributed by atoms with Crippen LogP contribution in [0.15, 0.2) is 42.6 Å². The summed E-state index contributed by atoms with van der Waals surface area (Å²) in [4.78, 5) is 0. The molecule has 1 aromatic rings. The number of allylic oxidation sites excluding steroid dienone is 1. The standard InChI is InChI=1S/C22H38N2/c1-2-3-4-5-6-7-8-9-10-11-12-13-14-18-21-24(23)22-19-16-15-17-20-22/h15-21H,2-14,23H2,1H3. The molecule has 0 aliphatic heterocycles. The van der Waals surface area contributed by atoms with Crippen LogP contribution in [0.1, 0.15) is 90.4 Å². The third-order valence-electron chi connectivity index (χ3n) is 4.54. The largest absolute Gasteiger partial charge is 0.287 e. The lowest BCUT2D eigenvalue weighted by Crippen LogP contribution is -2.23. The van der Waals surface area contributed by atoms with Crippen LogP contribution >= 0.6 is 0 Å². The van der Waals surface area contributed by atoms with Crippen LogP contribution in [0.2, 0.25) is 0 Å². The van der Waals surface area contributed by atoms with E-state index in [0.29, 0.717) is 0 Å². The fourth-order valence-electron chi connectivity index (χ4n) is 2.98. The second-order valence-electron chi connectivity index (χ2n) is 6.81. The highest BCUT2D eigenvalue weighted by atomic mass is 15.4. The minimum atomic E-state index is 1.03. The minimum absolute atomic E-state index is 1.03. The Morgan fingerprint density at radius 1 is 0.750 bits per heavy atom. The maximum Gasteiger partial charge on any atom is 0.0568 e. The number of benzene rings is 1. The molecule has 0 heterocycles. The molecule has 0 radical (unpaired) electrons. The maximum atomic E-state index is 5.99. The van der Waals surface area contributed by atoms with Crippen molar-refractivity contribution in [3.63, 3.8) is 0 Å². The summed E-state index contributed by atoms with van der Waals surface area (Å²) in [6.45, 7) is 2.28. The van der Waals surface area contributed by atoms with Crippen molar-refractivity contribution in [1.82, 2.24) is 0 Å². The fraction of sp³-hybridized carbons (Fsp3) is 0.636. The molecule has 1 aromatic carbocycles. The molecule has 2 heteroatoms. The summed E-state index contributed by atoms with van der Waals surface area (Å²) < 4.78 is 0. The van der Waals surface area contributed by atoms with Crippen LogP contribution in [0.5, 0.6) is 0 Å². The first kappa shape index (κ1) is 20.8. The number of nitrogens with two attached hydrogens (primary N) is 1. The number of hydrazine groups is 1. The molecule has 0 aromatic heterocycles. The highest BCUT2D eigenvalue weighted by Crippen LogP contribution is 2.13. The van der Waals surface area contributed by atoms with E-state index < -0.39 is 0 Å². The molecule has 0 saturated heterocycles. The molecule has 0 saturated carbocycles. The monoisotopic (exact) mass is 330 g/mol. The van der Waals surface area contributed by atoms with Crippen molar-refractivity contribution in [2.24, 2.45) is 5.84 Å². The van der Waals surface area contributed by atoms with Gasteiger partial charge in [-0.05, 0) is 25.0 Å². The summed E-state index contributed by atoms with van der Waals surface area (Å²) >= 11 is 0. The van der Waals surface area contributed by atoms with Crippen LogP contribution in [0.25, 0.3) is 0 Å². The Kier molecular flexibility index (Phi) is 13.2. The van der Waals surface area contributed by atoms with Crippen molar-refractivity contribution in [2.45, 2.75) is 90.4 Å². The average Bonchev–Trinajstić information content (AvgIpc) is 2.62. The zero-order chi connectivity index (χ0) is 17.3. The zero-order valence-corrected chi connectivity index (χ0v) is 15.8. The van der Waals surface area contributed by atoms with Gasteiger partial charge in [-0.25, -0.2) is 5.84 Å². The van der Waals surface area contributed by atoms with Gasteiger partial charge in [0.25, 0.3) is 0 Å². The first-order chi connectivity index (χ1) is 11.8. The molecule has 0 amide bonds. The summed E-state index contributed by atoms with van der Waals surface area (Å²) in [5.41, 5.74) is 1.03. The highest BCUT2D eigenvalue weighted by Gasteiger charge is 1.95. The van der Waals surface area contributed by atoms with Crippen molar-refractivity contribution in [3.05, 3.63) is 42.6 Å². The van der Waals surface area contributed by atoms with Crippen molar-refractivity contribution >= 4 is 5.69 Å². The zero-order valence-electron chi connectivity index (χ0n) is 15.8. The molecule has 0 bridgehead atoms. The molecule has 2 N–H and O–H groups in total. The molecule has 0 fully saturated rings. The van der Waals surface area contributed by atoms with Gasteiger partial charge in [0.2, 0.25) is 0 Å². The van der Waals surface area contributed by atoms with Crippen LogP contribution in [-0.2, 0) is 0 Å². The summed E-state index contributed by atoms with van der Waals surface area (Å²) in [7, 11) is 0. The third-order valence-corrected chi connectivity index (χ3v) is 4.54. The van der Waals surface area contributed by atoms with Gasteiger partial charge in [-0.1, -0.05) is 102 Å². The quantitative estimate of drug-likeness (QED) is 0.214. The topological polar surface area (TPSA) is 29.3 Å². The van der Waals surface area contributed by atoms with E-state index >= 15 is 0 Å². The van der Waals surface area contributed by atoms with Gasteiger partial charge in [0.15, 0.2) is 0 Å². The van der Waals surface area contributed by atoms with Crippen LogP contribution in [0, 0.1) is 0 Å². The predicted octanol–water partition coefficient (Wildman–Crippen LogP) is 6.97. The Bertz CT molecular complexity index is 400. The van der Waals surface area contributed by atoms with E-state index in [2.05, 4.69) is 13.0 Å². The normalized spacial score (nSPS) is 11.2. The first-order valence-corrected chi connectivity index (χ1v) is 10.1. The SMILES string of the molecule is CCCCCCCCCCCCCCC=CN(N)c1ccccc1. The summed E-state index contributed by atoms with van der Waals surface area (Å²) in [5.74, 6) is 5.99. The number of rotatable bonds is 15. The van der Waals surface area contributed by atoms with E-state index in [1.807, 2.05) is 36.5 Å². The predicted molar refractivity (Wildman–Crippen MR) is 108 cm³/mol. The number of nitrogens with zero attached hydrogens (tertiary/aromatic N) is 1. The first-order valence-electron chi connectivity index (χ1n) is 10.1. The van der Waals surface area contributed by atoms with E-state index in [-0.39, 0.29) is 0 Å². The maximum absolute atomic E-state index is 5.99. The van der Waals surface area contributed by atoms with E-state index in [1.165, 1.54) is 77.0 Å². The summed E-state index contributed by atoms with van der Waals surface area (Å²) in [6, 6.07) is 10.1. The molecule has 136 valence electrons. The smallest absolute Gasteiger partial charge is 0.0568 e. The Hall–Kier alpha value is -1.28. The molecule has 0 aliphatic carbocycles. The van der Waals surface area contributed by atoms with Crippen molar-refractivity contribution in [2.75, 3.05) is 5.01 Å². The molecular weight excluding hydrogens is 292 g/mol. The lowest BCUT2D eigenvalue weighted by molar-refractivity contribution is 0.545. The Balaban J connectivity index is 1.86. The van der Waals surface area contributed by atoms with E-state index in [9.17, 15) is 0 Å². The Labute approximate surface area is 150 Å². The van der Waals surface area contributed by atoms with Gasteiger partial charge in [-0.3, -0.25) is 5.01 Å². The van der Waals surface area contributed by atoms with E-state index in [4.69, 9.17) is 5.84 Å². The van der Waals surface area contributed by atoms with Gasteiger partial charge in [0, 0.05) is 6.20 Å². The van der Waals surface area contributed by atoms with Crippen molar-refractivity contribution in [1.29, 1.82) is 0 Å². The average molecular weight is 331 g/mol. The third kappa shape index (κ3) is 11.3. The number of unbranched alkanes of at least 4 members (excludes halogenated alkanes) is 12. The Morgan fingerprint density at radius 2 is 1.25 bits per heavy atom. The van der Waals surface area contributed by atoms with E-state index in [0.717, 1.165) is 12.1 Å². The molecule has 0 unspecified atom stereocenters. The van der Waals surface area contributed by atoms with Gasteiger partial charge < -0.3 is 0 Å². The highest BCUT2D eigenvalue weighted by molar-refractivity contribution is 5.46. The molecule has 0 spiro atoms. The molecule has 2 nitrogen and oxygen atoms in total. The fourth-order valence-corrected chi connectivity index (χ4v) is 2.98. The molecule has 24 heavy (non-hydrogen) atoms. The van der Waals surface area contributed by atoms with Crippen LogP contribution < -0.4 is 10.9 Å². The molecule has 0 aliphatic rings. The van der Waals surface area contributed by atoms with Crippen molar-refractivity contribution < 1.29 is 0 Å². The second kappa shape index (κ2) is 15.3. The number of para-hydroxylation sites is 1. The van der Waals surface area contributed by atoms with Gasteiger partial charge >= 0.3 is 0 Å². The van der Waals surface area contributed by atoms with Gasteiger partial charge in [0.05, 0.1) is 5.69 Å². The van der Waals surface area contributed by atoms with Crippen molar-refractivity contribution in [3.8, 4) is 0 Å². The van der Waals surface area contributed by atoms with Gasteiger partial charge in [0.1, 0.15) is 0 Å². The summed E-state index contributed by atoms with van der Waals surface area (Å²) in [5, 5.41) is 1.69. The minimum Gasteiger partial charge on any atom is -0.287 e. The van der Waals surface area contributed by atoms with Crippen LogP contribution in [0.3, 0.4) is 0 Å². The number of hydrogen-bond donors (Lipinski definition) is 1. The van der Waals surface area contributed by atoms with E-state index in [1.54, 1.807) is 5.01 Å². The second-order valence-corrected chi connectivity index (χ2v) is 6.81. The van der Waals surface area contributed by atoms with Crippen LogP contribution in [0.4, 0.5) is 5.69 Å². The molecular formula is C22H38N2. The molecule has 0 atom stereocenters.